The second-order valence-corrected chi connectivity index (χ2v) is 10.8. The van der Waals surface area contributed by atoms with Gasteiger partial charge in [-0.3, -0.25) is 4.98 Å². The van der Waals surface area contributed by atoms with Crippen molar-refractivity contribution in [1.82, 2.24) is 29.4 Å². The third-order valence-electron chi connectivity index (χ3n) is 6.62. The van der Waals surface area contributed by atoms with Crippen molar-refractivity contribution in [2.45, 2.75) is 59.1 Å². The van der Waals surface area contributed by atoms with Gasteiger partial charge in [0, 0.05) is 30.8 Å². The fraction of sp³-hybridized carbons (Fsp3) is 0.414. The maximum absolute atomic E-state index is 14.1. The van der Waals surface area contributed by atoms with Crippen molar-refractivity contribution in [2.24, 2.45) is 0 Å². The van der Waals surface area contributed by atoms with Crippen molar-refractivity contribution < 1.29 is 18.7 Å². The van der Waals surface area contributed by atoms with Crippen LogP contribution in [-0.4, -0.2) is 60.8 Å². The van der Waals surface area contributed by atoms with Crippen molar-refractivity contribution >= 4 is 17.3 Å². The van der Waals surface area contributed by atoms with E-state index >= 15 is 0 Å². The van der Waals surface area contributed by atoms with Gasteiger partial charge in [-0.15, -0.1) is 0 Å². The summed E-state index contributed by atoms with van der Waals surface area (Å²) in [6.07, 6.45) is 3.38. The van der Waals surface area contributed by atoms with E-state index in [1.165, 1.54) is 17.8 Å². The average molecular weight is 533 g/mol. The number of likely N-dealkylation sites (tertiary alicyclic amines) is 1. The lowest BCUT2D eigenvalue weighted by atomic mass is 9.97. The summed E-state index contributed by atoms with van der Waals surface area (Å²) in [5, 5.41) is 0. The minimum atomic E-state index is -0.512. The number of fused-ring (bicyclic) bond motifs is 1. The van der Waals surface area contributed by atoms with Crippen molar-refractivity contribution in [3.63, 3.8) is 0 Å². The van der Waals surface area contributed by atoms with Gasteiger partial charge in [0.05, 0.1) is 25.0 Å². The van der Waals surface area contributed by atoms with E-state index in [1.54, 1.807) is 11.1 Å². The lowest BCUT2D eigenvalue weighted by Crippen LogP contribution is -2.35. The number of halogens is 1. The van der Waals surface area contributed by atoms with E-state index in [1.807, 2.05) is 39.2 Å². The number of hydrogen-bond donors (Lipinski definition) is 0. The molecule has 0 spiro atoms. The van der Waals surface area contributed by atoms with E-state index in [0.717, 1.165) is 12.0 Å². The first-order chi connectivity index (χ1) is 18.6. The van der Waals surface area contributed by atoms with Crippen molar-refractivity contribution in [2.75, 3.05) is 19.7 Å². The zero-order chi connectivity index (χ0) is 27.7. The molecule has 1 fully saturated rings. The van der Waals surface area contributed by atoms with Crippen LogP contribution < -0.4 is 4.74 Å². The highest BCUT2D eigenvalue weighted by molar-refractivity contribution is 5.79. The van der Waals surface area contributed by atoms with E-state index in [2.05, 4.69) is 39.2 Å². The summed E-state index contributed by atoms with van der Waals surface area (Å²) in [4.78, 5) is 32.1. The van der Waals surface area contributed by atoms with Crippen LogP contribution in [0.3, 0.4) is 0 Å². The number of amides is 1. The molecule has 1 aliphatic heterocycles. The highest BCUT2D eigenvalue weighted by atomic mass is 19.1. The van der Waals surface area contributed by atoms with Crippen molar-refractivity contribution in [1.29, 1.82) is 0 Å². The Hall–Kier alpha value is -4.08. The lowest BCUT2D eigenvalue weighted by molar-refractivity contribution is 0.0292. The number of ether oxygens (including phenoxy) is 2. The van der Waals surface area contributed by atoms with Gasteiger partial charge in [-0.2, -0.15) is 9.97 Å². The molecular weight excluding hydrogens is 499 g/mol. The van der Waals surface area contributed by atoms with Gasteiger partial charge >= 0.3 is 12.1 Å². The molecular formula is C29H33FN6O3. The molecule has 1 amide bonds. The van der Waals surface area contributed by atoms with Gasteiger partial charge in [-0.25, -0.2) is 14.2 Å². The molecule has 1 saturated heterocycles. The number of carbonyl (C=O) groups excluding carboxylic acids is 1. The van der Waals surface area contributed by atoms with Gasteiger partial charge < -0.3 is 18.9 Å². The third kappa shape index (κ3) is 5.84. The first-order valence-electron chi connectivity index (χ1n) is 13.2. The first kappa shape index (κ1) is 26.5. The molecule has 0 N–H and O–H groups in total. The molecule has 0 aliphatic carbocycles. The molecule has 1 unspecified atom stereocenters. The summed E-state index contributed by atoms with van der Waals surface area (Å²) in [7, 11) is 0. The number of pyridine rings is 1. The Labute approximate surface area is 227 Å². The molecule has 4 heterocycles. The Morgan fingerprint density at radius 2 is 1.90 bits per heavy atom. The highest BCUT2D eigenvalue weighted by Crippen LogP contribution is 2.30. The Bertz CT molecular complexity index is 1500. The molecule has 1 atom stereocenters. The summed E-state index contributed by atoms with van der Waals surface area (Å²) in [5.41, 5.74) is 4.16. The Kier molecular flexibility index (Phi) is 7.20. The number of aryl methyl sites for hydroxylation is 1. The van der Waals surface area contributed by atoms with E-state index < -0.39 is 11.4 Å². The summed E-state index contributed by atoms with van der Waals surface area (Å²) in [6, 6.07) is 10.0. The SMILES string of the molecule is CCOc1nc(C)c2nc(-c3cncc(F)c3)n(Cc3ccc(C4CCN(C(=O)OC(C)(C)C)C4)cc3)c2n1. The molecule has 204 valence electrons. The lowest BCUT2D eigenvalue weighted by Gasteiger charge is -2.24. The number of benzene rings is 1. The molecule has 10 heteroatoms. The van der Waals surface area contributed by atoms with Crippen molar-refractivity contribution in [3.05, 3.63) is 65.4 Å². The maximum atomic E-state index is 14.1. The molecule has 0 saturated carbocycles. The van der Waals surface area contributed by atoms with Crippen LogP contribution in [0.25, 0.3) is 22.6 Å². The fourth-order valence-electron chi connectivity index (χ4n) is 4.81. The molecule has 9 nitrogen and oxygen atoms in total. The normalized spacial score (nSPS) is 15.6. The van der Waals surface area contributed by atoms with Crippen LogP contribution in [0.5, 0.6) is 6.01 Å². The maximum Gasteiger partial charge on any atom is 0.410 e. The van der Waals surface area contributed by atoms with Crippen molar-refractivity contribution in [3.8, 4) is 17.4 Å². The topological polar surface area (TPSA) is 95.3 Å². The van der Waals surface area contributed by atoms with E-state index in [-0.39, 0.29) is 18.0 Å². The monoisotopic (exact) mass is 532 g/mol. The summed E-state index contributed by atoms with van der Waals surface area (Å²) < 4.78 is 27.1. The Morgan fingerprint density at radius 1 is 1.13 bits per heavy atom. The van der Waals surface area contributed by atoms with Crippen LogP contribution in [-0.2, 0) is 11.3 Å². The summed E-state index contributed by atoms with van der Waals surface area (Å²) in [5.74, 6) is 0.361. The van der Waals surface area contributed by atoms with Crippen LogP contribution in [0.1, 0.15) is 56.9 Å². The molecule has 5 rings (SSSR count). The molecule has 1 aromatic carbocycles. The Morgan fingerprint density at radius 3 is 2.59 bits per heavy atom. The predicted molar refractivity (Wildman–Crippen MR) is 145 cm³/mol. The van der Waals surface area contributed by atoms with Gasteiger partial charge in [0.2, 0.25) is 0 Å². The largest absolute Gasteiger partial charge is 0.464 e. The minimum Gasteiger partial charge on any atom is -0.464 e. The molecule has 39 heavy (non-hydrogen) atoms. The zero-order valence-corrected chi connectivity index (χ0v) is 22.9. The van der Waals surface area contributed by atoms with Gasteiger partial charge in [-0.05, 0) is 58.2 Å². The molecule has 0 bridgehead atoms. The van der Waals surface area contributed by atoms with E-state index in [9.17, 15) is 9.18 Å². The van der Waals surface area contributed by atoms with Crippen LogP contribution >= 0.6 is 0 Å². The quantitative estimate of drug-likeness (QED) is 0.323. The Balaban J connectivity index is 1.42. The number of aromatic nitrogens is 5. The molecule has 4 aromatic rings. The number of rotatable bonds is 6. The predicted octanol–water partition coefficient (Wildman–Crippen LogP) is 5.51. The number of carbonyl (C=O) groups is 1. The zero-order valence-electron chi connectivity index (χ0n) is 22.9. The fourth-order valence-corrected chi connectivity index (χ4v) is 4.81. The highest BCUT2D eigenvalue weighted by Gasteiger charge is 2.30. The summed E-state index contributed by atoms with van der Waals surface area (Å²) >= 11 is 0. The molecule has 0 radical (unpaired) electrons. The number of imidazole rings is 1. The van der Waals surface area contributed by atoms with E-state index in [4.69, 9.17) is 14.5 Å². The van der Waals surface area contributed by atoms with Crippen LogP contribution in [0.4, 0.5) is 9.18 Å². The van der Waals surface area contributed by atoms with Crippen LogP contribution in [0, 0.1) is 12.7 Å². The number of nitrogens with zero attached hydrogens (tertiary/aromatic N) is 6. The van der Waals surface area contributed by atoms with Gasteiger partial charge in [0.25, 0.3) is 0 Å². The average Bonchev–Trinajstić information content (AvgIpc) is 3.50. The molecule has 1 aliphatic rings. The van der Waals surface area contributed by atoms with Gasteiger partial charge in [0.15, 0.2) is 5.65 Å². The second kappa shape index (κ2) is 10.6. The minimum absolute atomic E-state index is 0.249. The molecule has 3 aromatic heterocycles. The van der Waals surface area contributed by atoms with Crippen LogP contribution in [0.2, 0.25) is 0 Å². The van der Waals surface area contributed by atoms with E-state index in [0.29, 0.717) is 54.5 Å². The van der Waals surface area contributed by atoms with Crippen LogP contribution in [0.15, 0.2) is 42.7 Å². The third-order valence-corrected chi connectivity index (χ3v) is 6.62. The smallest absolute Gasteiger partial charge is 0.410 e. The second-order valence-electron chi connectivity index (χ2n) is 10.8. The number of hydrogen-bond acceptors (Lipinski definition) is 7. The van der Waals surface area contributed by atoms with Gasteiger partial charge in [-0.1, -0.05) is 24.3 Å². The summed E-state index contributed by atoms with van der Waals surface area (Å²) in [6.45, 7) is 11.6. The first-order valence-corrected chi connectivity index (χ1v) is 13.2. The standard InChI is InChI=1S/C29H33FN6O3/c1-6-38-27-32-18(2)24-26(34-27)36(25(33-24)22-13-23(30)15-31-14-22)16-19-7-9-20(10-8-19)21-11-12-35(17-21)28(37)39-29(3,4)5/h7-10,13-15,21H,6,11-12,16-17H2,1-5H3. The van der Waals surface area contributed by atoms with Gasteiger partial charge in [0.1, 0.15) is 22.8 Å².